The Bertz CT molecular complexity index is 580. The van der Waals surface area contributed by atoms with Crippen LogP contribution in [0.25, 0.3) is 6.08 Å². The minimum atomic E-state index is 0.223. The first-order valence-electron chi connectivity index (χ1n) is 6.64. The molecular formula is C16H19N3O. The van der Waals surface area contributed by atoms with Crippen LogP contribution in [-0.2, 0) is 0 Å². The molecule has 0 amide bonds. The number of aromatic nitrogens is 2. The van der Waals surface area contributed by atoms with Crippen LogP contribution in [0.2, 0.25) is 0 Å². The van der Waals surface area contributed by atoms with Crippen LogP contribution in [0.5, 0.6) is 5.88 Å². The molecule has 20 heavy (non-hydrogen) atoms. The van der Waals surface area contributed by atoms with Crippen molar-refractivity contribution in [2.45, 2.75) is 19.8 Å². The standard InChI is InChI=1S/C16H19N3O/c1-12(2)16-18-14(17)11-15(19-16)20-10-6-9-13-7-4-3-5-8-13/h3-9,11-12H,10H2,1-2H3,(H2,17,18,19)/b9-6+. The molecule has 1 aromatic carbocycles. The molecule has 0 fully saturated rings. The van der Waals surface area contributed by atoms with Gasteiger partial charge in [-0.3, -0.25) is 0 Å². The van der Waals surface area contributed by atoms with Crippen LogP contribution in [0.1, 0.15) is 31.2 Å². The lowest BCUT2D eigenvalue weighted by molar-refractivity contribution is 0.346. The monoisotopic (exact) mass is 269 g/mol. The zero-order chi connectivity index (χ0) is 14.4. The van der Waals surface area contributed by atoms with Gasteiger partial charge in [0.2, 0.25) is 5.88 Å². The molecular weight excluding hydrogens is 250 g/mol. The average molecular weight is 269 g/mol. The quantitative estimate of drug-likeness (QED) is 0.905. The second kappa shape index (κ2) is 6.70. The normalized spacial score (nSPS) is 11.2. The molecule has 1 heterocycles. The first-order valence-corrected chi connectivity index (χ1v) is 6.64. The maximum Gasteiger partial charge on any atom is 0.219 e. The van der Waals surface area contributed by atoms with E-state index in [9.17, 15) is 0 Å². The molecule has 0 radical (unpaired) electrons. The van der Waals surface area contributed by atoms with E-state index < -0.39 is 0 Å². The largest absolute Gasteiger partial charge is 0.473 e. The molecule has 0 bridgehead atoms. The molecule has 0 saturated heterocycles. The lowest BCUT2D eigenvalue weighted by atomic mass is 10.2. The molecule has 0 spiro atoms. The number of nitrogens with zero attached hydrogens (tertiary/aromatic N) is 2. The Labute approximate surface area is 119 Å². The lowest BCUT2D eigenvalue weighted by Gasteiger charge is -2.08. The summed E-state index contributed by atoms with van der Waals surface area (Å²) in [4.78, 5) is 8.51. The minimum absolute atomic E-state index is 0.223. The SMILES string of the molecule is CC(C)c1nc(N)cc(OC/C=C/c2ccccc2)n1. The Morgan fingerprint density at radius 1 is 1.20 bits per heavy atom. The van der Waals surface area contributed by atoms with Gasteiger partial charge in [-0.1, -0.05) is 50.3 Å². The van der Waals surface area contributed by atoms with Gasteiger partial charge in [-0.15, -0.1) is 0 Å². The van der Waals surface area contributed by atoms with Crippen LogP contribution >= 0.6 is 0 Å². The highest BCUT2D eigenvalue weighted by Crippen LogP contribution is 2.16. The summed E-state index contributed by atoms with van der Waals surface area (Å²) >= 11 is 0. The predicted octanol–water partition coefficient (Wildman–Crippen LogP) is 3.27. The summed E-state index contributed by atoms with van der Waals surface area (Å²) in [5, 5.41) is 0. The van der Waals surface area contributed by atoms with E-state index in [4.69, 9.17) is 10.5 Å². The number of hydrogen-bond acceptors (Lipinski definition) is 4. The summed E-state index contributed by atoms with van der Waals surface area (Å²) in [5.74, 6) is 1.87. The summed E-state index contributed by atoms with van der Waals surface area (Å²) in [6.07, 6.45) is 3.95. The van der Waals surface area contributed by atoms with E-state index in [2.05, 4.69) is 9.97 Å². The summed E-state index contributed by atoms with van der Waals surface area (Å²) in [6, 6.07) is 11.7. The Balaban J connectivity index is 1.96. The Hall–Kier alpha value is -2.36. The number of benzene rings is 1. The average Bonchev–Trinajstić information content (AvgIpc) is 2.44. The van der Waals surface area contributed by atoms with E-state index in [0.29, 0.717) is 24.1 Å². The minimum Gasteiger partial charge on any atom is -0.473 e. The lowest BCUT2D eigenvalue weighted by Crippen LogP contribution is -2.05. The van der Waals surface area contributed by atoms with Crippen LogP contribution in [0.15, 0.2) is 42.5 Å². The molecule has 4 heteroatoms. The van der Waals surface area contributed by atoms with Crippen molar-refractivity contribution in [3.63, 3.8) is 0 Å². The number of rotatable bonds is 5. The van der Waals surface area contributed by atoms with E-state index in [1.54, 1.807) is 6.07 Å². The van der Waals surface area contributed by atoms with Crippen LogP contribution in [0.3, 0.4) is 0 Å². The highest BCUT2D eigenvalue weighted by molar-refractivity contribution is 5.48. The molecule has 0 saturated carbocycles. The second-order valence-electron chi connectivity index (χ2n) is 4.77. The zero-order valence-corrected chi connectivity index (χ0v) is 11.8. The summed E-state index contributed by atoms with van der Waals surface area (Å²) in [5.41, 5.74) is 6.88. The molecule has 1 aromatic heterocycles. The molecule has 0 aliphatic heterocycles. The molecule has 2 N–H and O–H groups in total. The number of nitrogens with two attached hydrogens (primary N) is 1. The van der Waals surface area contributed by atoms with Crippen molar-refractivity contribution in [1.29, 1.82) is 0 Å². The fourth-order valence-electron chi connectivity index (χ4n) is 1.68. The Morgan fingerprint density at radius 3 is 2.65 bits per heavy atom. The number of ether oxygens (including phenoxy) is 1. The molecule has 0 atom stereocenters. The first-order chi connectivity index (χ1) is 9.65. The molecule has 2 aromatic rings. The third-order valence-corrected chi connectivity index (χ3v) is 2.69. The van der Waals surface area contributed by atoms with Gasteiger partial charge in [0, 0.05) is 12.0 Å². The van der Waals surface area contributed by atoms with Gasteiger partial charge in [-0.25, -0.2) is 4.98 Å². The van der Waals surface area contributed by atoms with Crippen molar-refractivity contribution in [1.82, 2.24) is 9.97 Å². The van der Waals surface area contributed by atoms with Crippen molar-refractivity contribution in [3.8, 4) is 5.88 Å². The molecule has 4 nitrogen and oxygen atoms in total. The molecule has 0 unspecified atom stereocenters. The van der Waals surface area contributed by atoms with E-state index in [1.807, 2.05) is 56.3 Å². The van der Waals surface area contributed by atoms with E-state index in [-0.39, 0.29) is 5.92 Å². The van der Waals surface area contributed by atoms with Gasteiger partial charge in [0.25, 0.3) is 0 Å². The van der Waals surface area contributed by atoms with Gasteiger partial charge in [0.15, 0.2) is 0 Å². The van der Waals surface area contributed by atoms with Gasteiger partial charge >= 0.3 is 0 Å². The van der Waals surface area contributed by atoms with Crippen LogP contribution < -0.4 is 10.5 Å². The van der Waals surface area contributed by atoms with E-state index in [1.165, 1.54) is 0 Å². The summed E-state index contributed by atoms with van der Waals surface area (Å²) in [7, 11) is 0. The van der Waals surface area contributed by atoms with Crippen molar-refractivity contribution in [2.24, 2.45) is 0 Å². The first kappa shape index (κ1) is 14.1. The van der Waals surface area contributed by atoms with Gasteiger partial charge in [0.1, 0.15) is 18.2 Å². The van der Waals surface area contributed by atoms with Gasteiger partial charge in [-0.05, 0) is 11.6 Å². The van der Waals surface area contributed by atoms with Gasteiger partial charge in [0.05, 0.1) is 0 Å². The Kier molecular flexibility index (Phi) is 4.71. The second-order valence-corrected chi connectivity index (χ2v) is 4.77. The smallest absolute Gasteiger partial charge is 0.219 e. The maximum absolute atomic E-state index is 5.74. The van der Waals surface area contributed by atoms with E-state index in [0.717, 1.165) is 5.56 Å². The topological polar surface area (TPSA) is 61.0 Å². The number of anilines is 1. The summed E-state index contributed by atoms with van der Waals surface area (Å²) < 4.78 is 5.58. The zero-order valence-electron chi connectivity index (χ0n) is 11.8. The van der Waals surface area contributed by atoms with Crippen LogP contribution in [0.4, 0.5) is 5.82 Å². The third-order valence-electron chi connectivity index (χ3n) is 2.69. The van der Waals surface area contributed by atoms with Crippen molar-refractivity contribution < 1.29 is 4.74 Å². The van der Waals surface area contributed by atoms with Crippen molar-refractivity contribution in [3.05, 3.63) is 53.9 Å². The molecule has 0 aliphatic rings. The molecule has 2 rings (SSSR count). The summed E-state index contributed by atoms with van der Waals surface area (Å²) in [6.45, 7) is 4.49. The number of hydrogen-bond donors (Lipinski definition) is 1. The highest BCUT2D eigenvalue weighted by Gasteiger charge is 2.06. The maximum atomic E-state index is 5.74. The van der Waals surface area contributed by atoms with Gasteiger partial charge in [-0.2, -0.15) is 4.98 Å². The number of nitrogen functional groups attached to an aromatic ring is 1. The molecule has 104 valence electrons. The fraction of sp³-hybridized carbons (Fsp3) is 0.250. The highest BCUT2D eigenvalue weighted by atomic mass is 16.5. The van der Waals surface area contributed by atoms with Crippen molar-refractivity contribution in [2.75, 3.05) is 12.3 Å². The van der Waals surface area contributed by atoms with Crippen molar-refractivity contribution >= 4 is 11.9 Å². The van der Waals surface area contributed by atoms with Crippen LogP contribution in [0, 0.1) is 0 Å². The Morgan fingerprint density at radius 2 is 1.95 bits per heavy atom. The predicted molar refractivity (Wildman–Crippen MR) is 81.5 cm³/mol. The van der Waals surface area contributed by atoms with Crippen LogP contribution in [-0.4, -0.2) is 16.6 Å². The third kappa shape index (κ3) is 4.09. The molecule has 0 aliphatic carbocycles. The van der Waals surface area contributed by atoms with Gasteiger partial charge < -0.3 is 10.5 Å². The van der Waals surface area contributed by atoms with E-state index >= 15 is 0 Å². The fourth-order valence-corrected chi connectivity index (χ4v) is 1.68.